The van der Waals surface area contributed by atoms with Gasteiger partial charge in [0.05, 0.1) is 18.4 Å². The third-order valence-electron chi connectivity index (χ3n) is 2.36. The van der Waals surface area contributed by atoms with Crippen LogP contribution in [0.5, 0.6) is 5.88 Å². The predicted octanol–water partition coefficient (Wildman–Crippen LogP) is 0.988. The van der Waals surface area contributed by atoms with Crippen molar-refractivity contribution >= 4 is 15.7 Å². The minimum Gasteiger partial charge on any atom is -0.478 e. The van der Waals surface area contributed by atoms with Crippen molar-refractivity contribution in [3.05, 3.63) is 23.9 Å². The molecule has 1 aliphatic rings. The lowest BCUT2D eigenvalue weighted by molar-refractivity contribution is 0.305. The van der Waals surface area contributed by atoms with E-state index >= 15 is 0 Å². The van der Waals surface area contributed by atoms with E-state index in [-0.39, 0.29) is 11.8 Å². The summed E-state index contributed by atoms with van der Waals surface area (Å²) < 4.78 is 27.9. The van der Waals surface area contributed by atoms with Crippen LogP contribution in [-0.4, -0.2) is 36.8 Å². The zero-order valence-corrected chi connectivity index (χ0v) is 10.9. The number of rotatable bonds is 5. The van der Waals surface area contributed by atoms with E-state index in [9.17, 15) is 8.42 Å². The molecule has 98 valence electrons. The average Bonchev–Trinajstić information content (AvgIpc) is 2.66. The number of anilines is 1. The van der Waals surface area contributed by atoms with E-state index in [1.165, 1.54) is 11.7 Å². The smallest absolute Gasteiger partial charge is 0.218 e. The van der Waals surface area contributed by atoms with Gasteiger partial charge < -0.3 is 10.1 Å². The molecule has 1 N–H and O–H groups in total. The van der Waals surface area contributed by atoms with Crippen molar-refractivity contribution in [2.75, 3.05) is 17.7 Å². The second-order valence-electron chi connectivity index (χ2n) is 4.00. The van der Waals surface area contributed by atoms with E-state index in [2.05, 4.69) is 15.3 Å². The Kier molecular flexibility index (Phi) is 3.81. The Morgan fingerprint density at radius 2 is 2.33 bits per heavy atom. The molecule has 6 nitrogen and oxygen atoms in total. The highest BCUT2D eigenvalue weighted by Gasteiger charge is 2.21. The molecule has 18 heavy (non-hydrogen) atoms. The lowest BCUT2D eigenvalue weighted by Gasteiger charge is -2.11. The third-order valence-corrected chi connectivity index (χ3v) is 3.75. The van der Waals surface area contributed by atoms with Gasteiger partial charge in [0.15, 0.2) is 9.84 Å². The highest BCUT2D eigenvalue weighted by Crippen LogP contribution is 2.16. The van der Waals surface area contributed by atoms with E-state index in [1.54, 1.807) is 12.1 Å². The maximum Gasteiger partial charge on any atom is 0.218 e. The summed E-state index contributed by atoms with van der Waals surface area (Å²) in [5.74, 6) is 1.10. The Morgan fingerprint density at radius 3 is 3.00 bits per heavy atom. The Morgan fingerprint density at radius 1 is 1.50 bits per heavy atom. The monoisotopic (exact) mass is 269 g/mol. The molecule has 1 aliphatic heterocycles. The van der Waals surface area contributed by atoms with E-state index < -0.39 is 9.84 Å². The van der Waals surface area contributed by atoms with Gasteiger partial charge in [-0.3, -0.25) is 0 Å². The lowest BCUT2D eigenvalue weighted by Crippen LogP contribution is -2.21. The summed E-state index contributed by atoms with van der Waals surface area (Å²) in [5, 5.41) is 4.24. The van der Waals surface area contributed by atoms with Crippen LogP contribution in [0, 0.1) is 0 Å². The van der Waals surface area contributed by atoms with Gasteiger partial charge in [-0.05, 0) is 12.5 Å². The Labute approximate surface area is 106 Å². The maximum atomic E-state index is 11.3. The zero-order valence-electron chi connectivity index (χ0n) is 10.0. The van der Waals surface area contributed by atoms with Gasteiger partial charge in [0.2, 0.25) is 5.88 Å². The van der Waals surface area contributed by atoms with Crippen molar-refractivity contribution in [1.29, 1.82) is 0 Å². The summed E-state index contributed by atoms with van der Waals surface area (Å²) in [6.45, 7) is 2.60. The SMILES string of the molecule is CCCOc1cc(NC2C=CS(=O)(=O)C2)ncn1. The molecular weight excluding hydrogens is 254 g/mol. The highest BCUT2D eigenvalue weighted by atomic mass is 32.2. The quantitative estimate of drug-likeness (QED) is 0.858. The van der Waals surface area contributed by atoms with Crippen molar-refractivity contribution < 1.29 is 13.2 Å². The summed E-state index contributed by atoms with van der Waals surface area (Å²) in [7, 11) is -3.06. The lowest BCUT2D eigenvalue weighted by atomic mass is 10.3. The molecule has 0 aromatic carbocycles. The Bertz CT molecular complexity index is 542. The van der Waals surface area contributed by atoms with Crippen LogP contribution >= 0.6 is 0 Å². The van der Waals surface area contributed by atoms with Crippen LogP contribution in [0.25, 0.3) is 0 Å². The first-order valence-corrected chi connectivity index (χ1v) is 7.43. The minimum absolute atomic E-state index is 0.0577. The van der Waals surface area contributed by atoms with Gasteiger partial charge in [0, 0.05) is 11.5 Å². The summed E-state index contributed by atoms with van der Waals surface area (Å²) >= 11 is 0. The largest absolute Gasteiger partial charge is 0.478 e. The fourth-order valence-electron chi connectivity index (χ4n) is 1.56. The number of hydrogen-bond acceptors (Lipinski definition) is 6. The van der Waals surface area contributed by atoms with Crippen molar-refractivity contribution in [3.63, 3.8) is 0 Å². The molecule has 0 spiro atoms. The second kappa shape index (κ2) is 5.34. The molecule has 1 unspecified atom stereocenters. The van der Waals surface area contributed by atoms with Crippen molar-refractivity contribution in [1.82, 2.24) is 9.97 Å². The predicted molar refractivity (Wildman–Crippen MR) is 68.2 cm³/mol. The molecule has 1 atom stereocenters. The average molecular weight is 269 g/mol. The van der Waals surface area contributed by atoms with Gasteiger partial charge >= 0.3 is 0 Å². The first-order chi connectivity index (χ1) is 8.59. The number of nitrogens with one attached hydrogen (secondary N) is 1. The summed E-state index contributed by atoms with van der Waals surface area (Å²) in [4.78, 5) is 8.00. The number of nitrogens with zero attached hydrogens (tertiary/aromatic N) is 2. The highest BCUT2D eigenvalue weighted by molar-refractivity contribution is 7.94. The molecule has 0 radical (unpaired) electrons. The molecule has 0 amide bonds. The van der Waals surface area contributed by atoms with Crippen LogP contribution in [0.2, 0.25) is 0 Å². The normalized spacial score (nSPS) is 20.8. The fraction of sp³-hybridized carbons (Fsp3) is 0.455. The van der Waals surface area contributed by atoms with Gasteiger partial charge in [0.25, 0.3) is 0 Å². The van der Waals surface area contributed by atoms with E-state index in [4.69, 9.17) is 4.74 Å². The van der Waals surface area contributed by atoms with Crippen molar-refractivity contribution in [3.8, 4) is 5.88 Å². The molecule has 0 fully saturated rings. The van der Waals surface area contributed by atoms with E-state index in [1.807, 2.05) is 6.92 Å². The first-order valence-electron chi connectivity index (χ1n) is 5.71. The molecule has 2 rings (SSSR count). The van der Waals surface area contributed by atoms with Gasteiger partial charge in [-0.25, -0.2) is 18.4 Å². The van der Waals surface area contributed by atoms with Crippen LogP contribution in [0.4, 0.5) is 5.82 Å². The molecule has 7 heteroatoms. The van der Waals surface area contributed by atoms with Crippen LogP contribution in [0.3, 0.4) is 0 Å². The standard InChI is InChI=1S/C11H15N3O3S/c1-2-4-17-11-6-10(12-8-13-11)14-9-3-5-18(15,16)7-9/h3,5-6,8-9H,2,4,7H2,1H3,(H,12,13,14). The molecule has 0 aliphatic carbocycles. The molecule has 2 heterocycles. The van der Waals surface area contributed by atoms with E-state index in [0.717, 1.165) is 6.42 Å². The van der Waals surface area contributed by atoms with Crippen LogP contribution in [0.15, 0.2) is 23.9 Å². The molecule has 1 aromatic rings. The van der Waals surface area contributed by atoms with Crippen molar-refractivity contribution in [2.45, 2.75) is 19.4 Å². The third kappa shape index (κ3) is 3.43. The second-order valence-corrected chi connectivity index (χ2v) is 5.93. The molecular formula is C11H15N3O3S. The number of hydrogen-bond donors (Lipinski definition) is 1. The molecule has 0 saturated heterocycles. The van der Waals surface area contributed by atoms with Gasteiger partial charge in [-0.2, -0.15) is 0 Å². The number of sulfone groups is 1. The summed E-state index contributed by atoms with van der Waals surface area (Å²) in [6.07, 6.45) is 3.90. The topological polar surface area (TPSA) is 81.2 Å². The number of aromatic nitrogens is 2. The summed E-state index contributed by atoms with van der Waals surface area (Å²) in [6, 6.07) is 1.41. The van der Waals surface area contributed by atoms with Crippen LogP contribution in [-0.2, 0) is 9.84 Å². The fourth-order valence-corrected chi connectivity index (χ4v) is 2.79. The van der Waals surface area contributed by atoms with Gasteiger partial charge in [-0.1, -0.05) is 6.92 Å². The van der Waals surface area contributed by atoms with Crippen LogP contribution in [0.1, 0.15) is 13.3 Å². The van der Waals surface area contributed by atoms with Gasteiger partial charge in [-0.15, -0.1) is 0 Å². The number of ether oxygens (including phenoxy) is 1. The van der Waals surface area contributed by atoms with Crippen LogP contribution < -0.4 is 10.1 Å². The van der Waals surface area contributed by atoms with E-state index in [0.29, 0.717) is 18.3 Å². The molecule has 1 aromatic heterocycles. The zero-order chi connectivity index (χ0) is 13.0. The Balaban J connectivity index is 2.00. The van der Waals surface area contributed by atoms with Gasteiger partial charge in [0.1, 0.15) is 12.1 Å². The summed E-state index contributed by atoms with van der Waals surface area (Å²) in [5.41, 5.74) is 0. The minimum atomic E-state index is -3.06. The maximum absolute atomic E-state index is 11.3. The first kappa shape index (κ1) is 12.8. The van der Waals surface area contributed by atoms with Crippen molar-refractivity contribution in [2.24, 2.45) is 0 Å². The molecule has 0 saturated carbocycles. The molecule has 0 bridgehead atoms. The Hall–Kier alpha value is -1.63.